The monoisotopic (exact) mass is 193 g/mol. The van der Waals surface area contributed by atoms with Crippen LogP contribution in [-0.4, -0.2) is 22.3 Å². The van der Waals surface area contributed by atoms with Gasteiger partial charge in [-0.15, -0.1) is 0 Å². The van der Waals surface area contributed by atoms with E-state index in [1.807, 2.05) is 6.92 Å². The molecule has 0 aliphatic rings. The first-order valence-corrected chi connectivity index (χ1v) is 4.74. The molecule has 14 heavy (non-hydrogen) atoms. The molecule has 0 spiro atoms. The van der Waals surface area contributed by atoms with Crippen molar-refractivity contribution in [1.29, 1.82) is 0 Å². The highest BCUT2D eigenvalue weighted by atomic mass is 16.1. The van der Waals surface area contributed by atoms with Gasteiger partial charge in [-0.25, -0.2) is 9.97 Å². The first-order chi connectivity index (χ1) is 6.63. The maximum absolute atomic E-state index is 11.1. The predicted octanol–water partition coefficient (Wildman–Crippen LogP) is 1.81. The molecule has 76 valence electrons. The predicted molar refractivity (Wildman–Crippen MR) is 55.6 cm³/mol. The van der Waals surface area contributed by atoms with Crippen molar-refractivity contribution in [2.75, 3.05) is 11.9 Å². The number of nitrogens with zero attached hydrogens (tertiary/aromatic N) is 2. The first-order valence-electron chi connectivity index (χ1n) is 4.74. The van der Waals surface area contributed by atoms with Gasteiger partial charge in [-0.05, 0) is 19.4 Å². The molecule has 0 unspecified atom stereocenters. The number of hydrogen-bond acceptors (Lipinski definition) is 4. The summed E-state index contributed by atoms with van der Waals surface area (Å²) in [5.41, 5.74) is 1.28. The molecule has 0 saturated carbocycles. The van der Waals surface area contributed by atoms with E-state index in [0.717, 1.165) is 18.7 Å². The summed E-state index contributed by atoms with van der Waals surface area (Å²) in [6, 6.07) is 1.69. The van der Waals surface area contributed by atoms with Gasteiger partial charge in [0.05, 0.1) is 0 Å². The summed E-state index contributed by atoms with van der Waals surface area (Å²) in [4.78, 5) is 19.4. The summed E-state index contributed by atoms with van der Waals surface area (Å²) < 4.78 is 0. The molecule has 0 amide bonds. The minimum atomic E-state index is -0.0324. The zero-order valence-electron chi connectivity index (χ0n) is 8.79. The average Bonchev–Trinajstić information content (AvgIpc) is 2.14. The van der Waals surface area contributed by atoms with Crippen LogP contribution in [0.2, 0.25) is 0 Å². The lowest BCUT2D eigenvalue weighted by atomic mass is 10.2. The Bertz CT molecular complexity index is 336. The largest absolute Gasteiger partial charge is 0.354 e. The lowest BCUT2D eigenvalue weighted by Crippen LogP contribution is -2.08. The van der Waals surface area contributed by atoms with E-state index >= 15 is 0 Å². The van der Waals surface area contributed by atoms with Gasteiger partial charge < -0.3 is 5.32 Å². The highest BCUT2D eigenvalue weighted by molar-refractivity contribution is 5.92. The molecule has 1 aromatic heterocycles. The molecular formula is C10H15N3O. The number of aromatic nitrogens is 2. The number of hydrogen-bond donors (Lipinski definition) is 1. The Hall–Kier alpha value is -1.45. The second-order valence-corrected chi connectivity index (χ2v) is 3.20. The summed E-state index contributed by atoms with van der Waals surface area (Å²) in [6.45, 7) is 6.24. The first kappa shape index (κ1) is 10.6. The van der Waals surface area contributed by atoms with Crippen LogP contribution in [0.25, 0.3) is 0 Å². The Morgan fingerprint density at radius 1 is 1.50 bits per heavy atom. The van der Waals surface area contributed by atoms with Crippen LogP contribution in [0.3, 0.4) is 0 Å². The summed E-state index contributed by atoms with van der Waals surface area (Å²) in [7, 11) is 0. The third kappa shape index (κ3) is 2.80. The number of nitrogens with one attached hydrogen (secondary N) is 1. The second kappa shape index (κ2) is 4.69. The van der Waals surface area contributed by atoms with Gasteiger partial charge in [0.15, 0.2) is 5.78 Å². The topological polar surface area (TPSA) is 54.9 Å². The van der Waals surface area contributed by atoms with Gasteiger partial charge in [0.25, 0.3) is 0 Å². The van der Waals surface area contributed by atoms with Gasteiger partial charge in [0, 0.05) is 19.2 Å². The maximum Gasteiger partial charge on any atom is 0.223 e. The molecule has 1 aromatic rings. The molecule has 4 nitrogen and oxygen atoms in total. The van der Waals surface area contributed by atoms with Crippen molar-refractivity contribution < 1.29 is 4.79 Å². The number of aryl methyl sites for hydroxylation is 1. The van der Waals surface area contributed by atoms with E-state index in [4.69, 9.17) is 0 Å². The van der Waals surface area contributed by atoms with Crippen molar-refractivity contribution in [3.63, 3.8) is 0 Å². The third-order valence-electron chi connectivity index (χ3n) is 1.75. The standard InChI is InChI=1S/C10H15N3O/c1-4-5-11-10-12-7(2)6-9(13-10)8(3)14/h6H,4-5H2,1-3H3,(H,11,12,13). The quantitative estimate of drug-likeness (QED) is 0.741. The highest BCUT2D eigenvalue weighted by Crippen LogP contribution is 2.05. The van der Waals surface area contributed by atoms with Crippen LogP contribution in [0.15, 0.2) is 6.07 Å². The van der Waals surface area contributed by atoms with E-state index in [2.05, 4.69) is 22.2 Å². The summed E-state index contributed by atoms with van der Waals surface area (Å²) >= 11 is 0. The van der Waals surface area contributed by atoms with Gasteiger partial charge in [-0.2, -0.15) is 0 Å². The zero-order valence-corrected chi connectivity index (χ0v) is 8.79. The van der Waals surface area contributed by atoms with Crippen molar-refractivity contribution in [1.82, 2.24) is 9.97 Å². The molecule has 0 bridgehead atoms. The molecule has 4 heteroatoms. The number of anilines is 1. The van der Waals surface area contributed by atoms with Gasteiger partial charge in [0.2, 0.25) is 5.95 Å². The lowest BCUT2D eigenvalue weighted by Gasteiger charge is -2.05. The van der Waals surface area contributed by atoms with Gasteiger partial charge in [0.1, 0.15) is 5.69 Å². The molecule has 1 rings (SSSR count). The van der Waals surface area contributed by atoms with Crippen LogP contribution in [0.4, 0.5) is 5.95 Å². The SMILES string of the molecule is CCCNc1nc(C)cc(C(C)=O)n1. The van der Waals surface area contributed by atoms with Gasteiger partial charge >= 0.3 is 0 Å². The number of ketones is 1. The number of rotatable bonds is 4. The summed E-state index contributed by atoms with van der Waals surface area (Å²) in [5.74, 6) is 0.507. The van der Waals surface area contributed by atoms with Crippen molar-refractivity contribution >= 4 is 11.7 Å². The Morgan fingerprint density at radius 3 is 2.79 bits per heavy atom. The fourth-order valence-corrected chi connectivity index (χ4v) is 1.06. The normalized spacial score (nSPS) is 9.93. The van der Waals surface area contributed by atoms with Crippen LogP contribution in [-0.2, 0) is 0 Å². The Labute approximate surface area is 83.8 Å². The zero-order chi connectivity index (χ0) is 10.6. The molecule has 0 aliphatic carbocycles. The molecule has 0 aliphatic heterocycles. The van der Waals surface area contributed by atoms with Crippen LogP contribution in [0.1, 0.15) is 36.5 Å². The molecule has 0 atom stereocenters. The summed E-state index contributed by atoms with van der Waals surface area (Å²) in [6.07, 6.45) is 1.01. The van der Waals surface area contributed by atoms with Crippen LogP contribution >= 0.6 is 0 Å². The van der Waals surface area contributed by atoms with Crippen LogP contribution < -0.4 is 5.32 Å². The van der Waals surface area contributed by atoms with Crippen LogP contribution in [0.5, 0.6) is 0 Å². The van der Waals surface area contributed by atoms with Gasteiger partial charge in [-0.1, -0.05) is 6.92 Å². The van der Waals surface area contributed by atoms with Gasteiger partial charge in [-0.3, -0.25) is 4.79 Å². The minimum Gasteiger partial charge on any atom is -0.354 e. The second-order valence-electron chi connectivity index (χ2n) is 3.20. The van der Waals surface area contributed by atoms with E-state index in [9.17, 15) is 4.79 Å². The van der Waals surface area contributed by atoms with E-state index in [1.165, 1.54) is 6.92 Å². The van der Waals surface area contributed by atoms with Crippen molar-refractivity contribution in [3.05, 3.63) is 17.5 Å². The molecular weight excluding hydrogens is 178 g/mol. The Kier molecular flexibility index (Phi) is 3.56. The maximum atomic E-state index is 11.1. The van der Waals surface area contributed by atoms with Crippen molar-refractivity contribution in [2.45, 2.75) is 27.2 Å². The Morgan fingerprint density at radius 2 is 2.21 bits per heavy atom. The van der Waals surface area contributed by atoms with E-state index in [-0.39, 0.29) is 5.78 Å². The highest BCUT2D eigenvalue weighted by Gasteiger charge is 2.04. The number of carbonyl (C=O) groups is 1. The van der Waals surface area contributed by atoms with Crippen molar-refractivity contribution in [2.24, 2.45) is 0 Å². The van der Waals surface area contributed by atoms with E-state index in [1.54, 1.807) is 6.07 Å². The molecule has 1 N–H and O–H groups in total. The number of Topliss-reactive ketones (excluding diaryl/α,β-unsaturated/α-hetero) is 1. The smallest absolute Gasteiger partial charge is 0.223 e. The molecule has 0 saturated heterocycles. The number of carbonyl (C=O) groups excluding carboxylic acids is 1. The lowest BCUT2D eigenvalue weighted by molar-refractivity contribution is 0.101. The molecule has 0 aromatic carbocycles. The van der Waals surface area contributed by atoms with E-state index in [0.29, 0.717) is 11.6 Å². The molecule has 0 fully saturated rings. The molecule has 0 radical (unpaired) electrons. The fourth-order valence-electron chi connectivity index (χ4n) is 1.06. The van der Waals surface area contributed by atoms with E-state index < -0.39 is 0 Å². The van der Waals surface area contributed by atoms with Crippen molar-refractivity contribution in [3.8, 4) is 0 Å². The molecule has 1 heterocycles. The van der Waals surface area contributed by atoms with Crippen LogP contribution in [0, 0.1) is 6.92 Å². The third-order valence-corrected chi connectivity index (χ3v) is 1.75. The fraction of sp³-hybridized carbons (Fsp3) is 0.500. The summed E-state index contributed by atoms with van der Waals surface area (Å²) in [5, 5.41) is 3.06. The minimum absolute atomic E-state index is 0.0324. The Balaban J connectivity index is 2.89. The average molecular weight is 193 g/mol.